The van der Waals surface area contributed by atoms with Crippen molar-refractivity contribution < 1.29 is 0 Å². The summed E-state index contributed by atoms with van der Waals surface area (Å²) < 4.78 is 0. The van der Waals surface area contributed by atoms with Crippen molar-refractivity contribution in [2.45, 2.75) is 39.8 Å². The van der Waals surface area contributed by atoms with E-state index < -0.39 is 0 Å². The van der Waals surface area contributed by atoms with Crippen molar-refractivity contribution in [3.63, 3.8) is 0 Å². The van der Waals surface area contributed by atoms with E-state index in [1.165, 1.54) is 4.88 Å². The van der Waals surface area contributed by atoms with Crippen LogP contribution in [0, 0.1) is 6.92 Å². The minimum atomic E-state index is 0.309. The molecule has 20 heavy (non-hydrogen) atoms. The van der Waals surface area contributed by atoms with Crippen molar-refractivity contribution in [1.82, 2.24) is 15.0 Å². The van der Waals surface area contributed by atoms with Gasteiger partial charge in [0.15, 0.2) is 0 Å². The second kappa shape index (κ2) is 6.28. The van der Waals surface area contributed by atoms with Gasteiger partial charge in [-0.2, -0.15) is 0 Å². The molecule has 0 amide bonds. The molecule has 0 saturated carbocycles. The quantitative estimate of drug-likeness (QED) is 0.916. The number of thiazole rings is 1. The molecule has 0 aliphatic carbocycles. The Hall–Kier alpha value is -1.53. The van der Waals surface area contributed by atoms with Crippen LogP contribution in [-0.2, 0) is 13.1 Å². The molecule has 0 saturated heterocycles. The Labute approximate surface area is 123 Å². The van der Waals surface area contributed by atoms with Crippen LogP contribution < -0.4 is 10.6 Å². The second-order valence-corrected chi connectivity index (χ2v) is 6.08. The number of nitrogens with two attached hydrogens (primary N) is 1. The molecule has 0 radical (unpaired) electrons. The summed E-state index contributed by atoms with van der Waals surface area (Å²) in [5.74, 6) is 1.15. The first-order chi connectivity index (χ1) is 9.52. The zero-order chi connectivity index (χ0) is 14.7. The minimum Gasteiger partial charge on any atom is -0.367 e. The van der Waals surface area contributed by atoms with Crippen molar-refractivity contribution in [3.05, 3.63) is 33.8 Å². The topological polar surface area (TPSA) is 67.9 Å². The lowest BCUT2D eigenvalue weighted by molar-refractivity contribution is 0.749. The molecule has 0 bridgehead atoms. The molecule has 6 heteroatoms. The van der Waals surface area contributed by atoms with Crippen LogP contribution in [0.2, 0.25) is 0 Å². The average molecular weight is 291 g/mol. The SMILES string of the molecule is Cc1ncsc1CN(C)c1cnc(C(C)C)nc1CN. The van der Waals surface area contributed by atoms with Crippen molar-refractivity contribution in [2.24, 2.45) is 5.73 Å². The minimum absolute atomic E-state index is 0.309. The van der Waals surface area contributed by atoms with Crippen molar-refractivity contribution >= 4 is 17.0 Å². The van der Waals surface area contributed by atoms with Crippen LogP contribution in [0.5, 0.6) is 0 Å². The number of aryl methyl sites for hydroxylation is 1. The molecule has 5 nitrogen and oxygen atoms in total. The fraction of sp³-hybridized carbons (Fsp3) is 0.500. The predicted octanol–water partition coefficient (Wildman–Crippen LogP) is 2.46. The van der Waals surface area contributed by atoms with E-state index in [1.807, 2.05) is 25.7 Å². The normalized spacial score (nSPS) is 11.1. The molecule has 0 atom stereocenters. The van der Waals surface area contributed by atoms with E-state index in [-0.39, 0.29) is 0 Å². The average Bonchev–Trinajstić information content (AvgIpc) is 2.83. The molecular formula is C14H21N5S. The third kappa shape index (κ3) is 3.13. The summed E-state index contributed by atoms with van der Waals surface area (Å²) in [6.07, 6.45) is 1.88. The van der Waals surface area contributed by atoms with Gasteiger partial charge in [0, 0.05) is 24.4 Å². The summed E-state index contributed by atoms with van der Waals surface area (Å²) in [5.41, 5.74) is 10.7. The number of rotatable bonds is 5. The van der Waals surface area contributed by atoms with E-state index in [9.17, 15) is 0 Å². The Kier molecular flexibility index (Phi) is 4.67. The van der Waals surface area contributed by atoms with Gasteiger partial charge in [0.2, 0.25) is 0 Å². The highest BCUT2D eigenvalue weighted by Crippen LogP contribution is 2.23. The highest BCUT2D eigenvalue weighted by Gasteiger charge is 2.13. The number of anilines is 1. The first-order valence-corrected chi connectivity index (χ1v) is 7.56. The van der Waals surface area contributed by atoms with Crippen molar-refractivity contribution in [2.75, 3.05) is 11.9 Å². The third-order valence-corrected chi connectivity index (χ3v) is 4.13. The summed E-state index contributed by atoms with van der Waals surface area (Å²) in [7, 11) is 2.03. The Morgan fingerprint density at radius 1 is 1.35 bits per heavy atom. The lowest BCUT2D eigenvalue weighted by Crippen LogP contribution is -2.21. The Morgan fingerprint density at radius 3 is 2.65 bits per heavy atom. The van der Waals surface area contributed by atoms with Gasteiger partial charge in [-0.15, -0.1) is 11.3 Å². The maximum Gasteiger partial charge on any atom is 0.131 e. The first kappa shape index (κ1) is 14.9. The van der Waals surface area contributed by atoms with Crippen LogP contribution in [0.3, 0.4) is 0 Å². The van der Waals surface area contributed by atoms with Gasteiger partial charge in [0.25, 0.3) is 0 Å². The lowest BCUT2D eigenvalue weighted by atomic mass is 10.2. The molecule has 0 aromatic carbocycles. The molecular weight excluding hydrogens is 270 g/mol. The zero-order valence-corrected chi connectivity index (χ0v) is 13.2. The van der Waals surface area contributed by atoms with Crippen LogP contribution in [0.15, 0.2) is 11.7 Å². The Bertz CT molecular complexity index is 579. The van der Waals surface area contributed by atoms with Crippen LogP contribution in [0.1, 0.15) is 41.9 Å². The van der Waals surface area contributed by atoms with E-state index in [0.29, 0.717) is 12.5 Å². The summed E-state index contributed by atoms with van der Waals surface area (Å²) >= 11 is 1.67. The largest absolute Gasteiger partial charge is 0.367 e. The Morgan fingerprint density at radius 2 is 2.10 bits per heavy atom. The van der Waals surface area contributed by atoms with Crippen molar-refractivity contribution in [3.8, 4) is 0 Å². The fourth-order valence-corrected chi connectivity index (χ4v) is 2.78. The smallest absolute Gasteiger partial charge is 0.131 e. The molecule has 0 unspecified atom stereocenters. The van der Waals surface area contributed by atoms with E-state index in [4.69, 9.17) is 5.73 Å². The van der Waals surface area contributed by atoms with Gasteiger partial charge in [0.05, 0.1) is 35.3 Å². The summed E-state index contributed by atoms with van der Waals surface area (Å²) in [6.45, 7) is 7.42. The van der Waals surface area contributed by atoms with Crippen LogP contribution in [0.4, 0.5) is 5.69 Å². The van der Waals surface area contributed by atoms with Gasteiger partial charge in [0.1, 0.15) is 5.82 Å². The van der Waals surface area contributed by atoms with Crippen LogP contribution in [-0.4, -0.2) is 22.0 Å². The lowest BCUT2D eigenvalue weighted by Gasteiger charge is -2.21. The predicted molar refractivity (Wildman–Crippen MR) is 83.0 cm³/mol. The van der Waals surface area contributed by atoms with Gasteiger partial charge in [-0.1, -0.05) is 13.8 Å². The monoisotopic (exact) mass is 291 g/mol. The third-order valence-electron chi connectivity index (χ3n) is 3.21. The maximum atomic E-state index is 5.83. The van der Waals surface area contributed by atoms with Gasteiger partial charge in [-0.25, -0.2) is 15.0 Å². The maximum absolute atomic E-state index is 5.83. The second-order valence-electron chi connectivity index (χ2n) is 5.14. The number of hydrogen-bond donors (Lipinski definition) is 1. The van der Waals surface area contributed by atoms with Gasteiger partial charge < -0.3 is 10.6 Å². The first-order valence-electron chi connectivity index (χ1n) is 6.69. The van der Waals surface area contributed by atoms with E-state index in [1.54, 1.807) is 11.3 Å². The Balaban J connectivity index is 2.25. The molecule has 2 rings (SSSR count). The van der Waals surface area contributed by atoms with Gasteiger partial charge in [-0.05, 0) is 6.92 Å². The van der Waals surface area contributed by atoms with E-state index in [2.05, 4.69) is 33.7 Å². The number of nitrogens with zero attached hydrogens (tertiary/aromatic N) is 4. The molecule has 2 heterocycles. The van der Waals surface area contributed by atoms with E-state index in [0.717, 1.165) is 29.4 Å². The van der Waals surface area contributed by atoms with E-state index >= 15 is 0 Å². The zero-order valence-electron chi connectivity index (χ0n) is 12.4. The molecule has 108 valence electrons. The summed E-state index contributed by atoms with van der Waals surface area (Å²) in [6, 6.07) is 0. The highest BCUT2D eigenvalue weighted by molar-refractivity contribution is 7.09. The molecule has 0 fully saturated rings. The van der Waals surface area contributed by atoms with Gasteiger partial charge >= 0.3 is 0 Å². The van der Waals surface area contributed by atoms with Crippen LogP contribution in [0.25, 0.3) is 0 Å². The molecule has 0 aliphatic heterocycles. The van der Waals surface area contributed by atoms with Crippen LogP contribution >= 0.6 is 11.3 Å². The molecule has 2 aromatic heterocycles. The molecule has 0 spiro atoms. The van der Waals surface area contributed by atoms with Gasteiger partial charge in [-0.3, -0.25) is 0 Å². The molecule has 2 N–H and O–H groups in total. The molecule has 0 aliphatic rings. The summed E-state index contributed by atoms with van der Waals surface area (Å²) in [5, 5.41) is 0. The summed E-state index contributed by atoms with van der Waals surface area (Å²) in [4.78, 5) is 16.7. The van der Waals surface area contributed by atoms with Crippen molar-refractivity contribution in [1.29, 1.82) is 0 Å². The standard InChI is InChI=1S/C14H21N5S/c1-9(2)14-16-6-12(11(5-15)18-14)19(4)7-13-10(3)17-8-20-13/h6,8-9H,5,7,15H2,1-4H3. The number of hydrogen-bond acceptors (Lipinski definition) is 6. The highest BCUT2D eigenvalue weighted by atomic mass is 32.1. The molecule has 2 aromatic rings. The number of aromatic nitrogens is 3. The fourth-order valence-electron chi connectivity index (χ4n) is 1.95.